The molecule has 0 amide bonds. The summed E-state index contributed by atoms with van der Waals surface area (Å²) in [5.74, 6) is 0. The monoisotopic (exact) mass is 278 g/mol. The molecule has 0 saturated carbocycles. The number of nitrogens with two attached hydrogens (primary N) is 1. The van der Waals surface area contributed by atoms with E-state index < -0.39 is 0 Å². The molecule has 1 heterocycles. The Labute approximate surface area is 125 Å². The van der Waals surface area contributed by atoms with Crippen LogP contribution in [0.15, 0.2) is 18.3 Å². The fourth-order valence-corrected chi connectivity index (χ4v) is 2.68. The lowest BCUT2D eigenvalue weighted by molar-refractivity contribution is 0.528. The Bertz CT molecular complexity index is 330. The lowest BCUT2D eigenvalue weighted by Crippen LogP contribution is -2.23. The summed E-state index contributed by atoms with van der Waals surface area (Å²) in [4.78, 5) is 0. The van der Waals surface area contributed by atoms with E-state index in [-0.39, 0.29) is 0 Å². The zero-order valence-corrected chi connectivity index (χ0v) is 13.6. The van der Waals surface area contributed by atoms with Crippen molar-refractivity contribution < 1.29 is 0 Å². The van der Waals surface area contributed by atoms with Crippen molar-refractivity contribution in [1.29, 1.82) is 0 Å². The summed E-state index contributed by atoms with van der Waals surface area (Å²) in [6.45, 7) is 5.60. The van der Waals surface area contributed by atoms with E-state index in [1.54, 1.807) is 0 Å². The lowest BCUT2D eigenvalue weighted by Gasteiger charge is -2.12. The standard InChI is InChI=1S/C18H34N2/c1-3-5-6-7-8-9-10-11-14-20-15-12-13-18(20)16-17(19)4-2/h12-13,15,17H,3-11,14,16,19H2,1-2H3. The van der Waals surface area contributed by atoms with Gasteiger partial charge in [-0.15, -0.1) is 0 Å². The van der Waals surface area contributed by atoms with E-state index in [2.05, 4.69) is 36.7 Å². The molecule has 0 fully saturated rings. The molecular weight excluding hydrogens is 244 g/mol. The molecule has 2 nitrogen and oxygen atoms in total. The van der Waals surface area contributed by atoms with Crippen molar-refractivity contribution in [3.8, 4) is 0 Å². The van der Waals surface area contributed by atoms with Crippen LogP contribution in [-0.4, -0.2) is 10.6 Å². The number of hydrogen-bond donors (Lipinski definition) is 1. The van der Waals surface area contributed by atoms with Crippen LogP contribution in [0.3, 0.4) is 0 Å². The number of unbranched alkanes of at least 4 members (excludes halogenated alkanes) is 7. The molecule has 0 radical (unpaired) electrons. The van der Waals surface area contributed by atoms with Crippen LogP contribution in [0.1, 0.15) is 77.3 Å². The lowest BCUT2D eigenvalue weighted by atomic mass is 10.1. The van der Waals surface area contributed by atoms with Gasteiger partial charge in [0.15, 0.2) is 0 Å². The SMILES string of the molecule is CCCCCCCCCCn1cccc1CC(N)CC. The van der Waals surface area contributed by atoms with Crippen LogP contribution in [-0.2, 0) is 13.0 Å². The maximum Gasteiger partial charge on any atom is 0.0222 e. The summed E-state index contributed by atoms with van der Waals surface area (Å²) in [6.07, 6.45) is 15.4. The van der Waals surface area contributed by atoms with E-state index in [0.29, 0.717) is 6.04 Å². The molecule has 20 heavy (non-hydrogen) atoms. The molecule has 2 heteroatoms. The Balaban J connectivity index is 2.11. The largest absolute Gasteiger partial charge is 0.351 e. The van der Waals surface area contributed by atoms with Crippen LogP contribution in [0.4, 0.5) is 0 Å². The van der Waals surface area contributed by atoms with Gasteiger partial charge < -0.3 is 10.3 Å². The highest BCUT2D eigenvalue weighted by atomic mass is 15.0. The van der Waals surface area contributed by atoms with Gasteiger partial charge in [0, 0.05) is 30.9 Å². The van der Waals surface area contributed by atoms with Crippen LogP contribution in [0.25, 0.3) is 0 Å². The minimum absolute atomic E-state index is 0.308. The average Bonchev–Trinajstić information content (AvgIpc) is 2.89. The number of hydrogen-bond acceptors (Lipinski definition) is 1. The number of nitrogens with zero attached hydrogens (tertiary/aromatic N) is 1. The van der Waals surface area contributed by atoms with Crippen LogP contribution in [0.5, 0.6) is 0 Å². The minimum atomic E-state index is 0.308. The van der Waals surface area contributed by atoms with E-state index in [1.807, 2.05) is 0 Å². The van der Waals surface area contributed by atoms with E-state index in [4.69, 9.17) is 5.73 Å². The van der Waals surface area contributed by atoms with Crippen molar-refractivity contribution in [1.82, 2.24) is 4.57 Å². The van der Waals surface area contributed by atoms with Crippen molar-refractivity contribution in [2.45, 2.75) is 90.6 Å². The Kier molecular flexibility index (Phi) is 9.48. The molecule has 0 bridgehead atoms. The summed E-state index contributed by atoms with van der Waals surface area (Å²) in [5, 5.41) is 0. The maximum absolute atomic E-state index is 6.05. The second-order valence-corrected chi connectivity index (χ2v) is 6.04. The number of aryl methyl sites for hydroxylation is 1. The minimum Gasteiger partial charge on any atom is -0.351 e. The van der Waals surface area contributed by atoms with Crippen LogP contribution in [0.2, 0.25) is 0 Å². The molecule has 0 aromatic carbocycles. The number of rotatable bonds is 12. The van der Waals surface area contributed by atoms with Gasteiger partial charge in [0.25, 0.3) is 0 Å². The van der Waals surface area contributed by atoms with Crippen molar-refractivity contribution in [2.75, 3.05) is 0 Å². The fourth-order valence-electron chi connectivity index (χ4n) is 2.68. The normalized spacial score (nSPS) is 12.8. The Morgan fingerprint density at radius 3 is 2.30 bits per heavy atom. The summed E-state index contributed by atoms with van der Waals surface area (Å²) in [7, 11) is 0. The van der Waals surface area contributed by atoms with Gasteiger partial charge in [-0.2, -0.15) is 0 Å². The maximum atomic E-state index is 6.05. The molecule has 0 aliphatic carbocycles. The first-order chi connectivity index (χ1) is 9.77. The third-order valence-electron chi connectivity index (χ3n) is 4.17. The summed E-state index contributed by atoms with van der Waals surface area (Å²) in [5.41, 5.74) is 7.46. The third kappa shape index (κ3) is 7.14. The predicted octanol–water partition coefficient (Wildman–Crippen LogP) is 4.91. The summed E-state index contributed by atoms with van der Waals surface area (Å²) >= 11 is 0. The molecule has 0 aliphatic heterocycles. The molecule has 0 spiro atoms. The first kappa shape index (κ1) is 17.3. The fraction of sp³-hybridized carbons (Fsp3) is 0.778. The van der Waals surface area contributed by atoms with Crippen LogP contribution in [0, 0.1) is 0 Å². The molecule has 1 atom stereocenters. The molecule has 1 rings (SSSR count). The van der Waals surface area contributed by atoms with Crippen LogP contribution >= 0.6 is 0 Å². The quantitative estimate of drug-likeness (QED) is 0.541. The molecule has 0 saturated heterocycles. The van der Waals surface area contributed by atoms with E-state index in [1.165, 1.54) is 57.1 Å². The zero-order valence-electron chi connectivity index (χ0n) is 13.6. The highest BCUT2D eigenvalue weighted by Crippen LogP contribution is 2.11. The van der Waals surface area contributed by atoms with E-state index >= 15 is 0 Å². The Hall–Kier alpha value is -0.760. The Morgan fingerprint density at radius 1 is 1.00 bits per heavy atom. The van der Waals surface area contributed by atoms with Crippen molar-refractivity contribution >= 4 is 0 Å². The zero-order chi connectivity index (χ0) is 14.6. The molecule has 2 N–H and O–H groups in total. The van der Waals surface area contributed by atoms with Crippen molar-refractivity contribution in [3.05, 3.63) is 24.0 Å². The van der Waals surface area contributed by atoms with Gasteiger partial charge >= 0.3 is 0 Å². The third-order valence-corrected chi connectivity index (χ3v) is 4.17. The first-order valence-electron chi connectivity index (χ1n) is 8.67. The molecule has 116 valence electrons. The van der Waals surface area contributed by atoms with E-state index in [9.17, 15) is 0 Å². The first-order valence-corrected chi connectivity index (χ1v) is 8.67. The molecule has 1 aromatic heterocycles. The van der Waals surface area contributed by atoms with Gasteiger partial charge in [-0.3, -0.25) is 0 Å². The van der Waals surface area contributed by atoms with Gasteiger partial charge in [-0.1, -0.05) is 58.8 Å². The number of aromatic nitrogens is 1. The van der Waals surface area contributed by atoms with Gasteiger partial charge in [-0.05, 0) is 25.0 Å². The predicted molar refractivity (Wildman–Crippen MR) is 89.0 cm³/mol. The second-order valence-electron chi connectivity index (χ2n) is 6.04. The second kappa shape index (κ2) is 11.0. The Morgan fingerprint density at radius 2 is 1.65 bits per heavy atom. The summed E-state index contributed by atoms with van der Waals surface area (Å²) < 4.78 is 2.40. The highest BCUT2D eigenvalue weighted by Gasteiger charge is 2.05. The van der Waals surface area contributed by atoms with E-state index in [0.717, 1.165) is 19.4 Å². The van der Waals surface area contributed by atoms with Crippen molar-refractivity contribution in [2.24, 2.45) is 5.73 Å². The van der Waals surface area contributed by atoms with Gasteiger partial charge in [0.2, 0.25) is 0 Å². The van der Waals surface area contributed by atoms with Crippen LogP contribution < -0.4 is 5.73 Å². The van der Waals surface area contributed by atoms with Gasteiger partial charge in [0.05, 0.1) is 0 Å². The smallest absolute Gasteiger partial charge is 0.0222 e. The topological polar surface area (TPSA) is 30.9 Å². The molecular formula is C18H34N2. The average molecular weight is 278 g/mol. The molecule has 1 aromatic rings. The van der Waals surface area contributed by atoms with Gasteiger partial charge in [0.1, 0.15) is 0 Å². The van der Waals surface area contributed by atoms with Gasteiger partial charge in [-0.25, -0.2) is 0 Å². The highest BCUT2D eigenvalue weighted by molar-refractivity contribution is 5.08. The molecule has 1 unspecified atom stereocenters. The molecule has 0 aliphatic rings. The summed E-state index contributed by atoms with van der Waals surface area (Å²) in [6, 6.07) is 4.69. The van der Waals surface area contributed by atoms with Crippen molar-refractivity contribution in [3.63, 3.8) is 0 Å².